The van der Waals surface area contributed by atoms with Gasteiger partial charge < -0.3 is 5.32 Å². The molecule has 128 valence electrons. The van der Waals surface area contributed by atoms with Gasteiger partial charge in [0.1, 0.15) is 0 Å². The van der Waals surface area contributed by atoms with Crippen molar-refractivity contribution in [2.24, 2.45) is 5.92 Å². The largest absolute Gasteiger partial charge is 0.356 e. The highest BCUT2D eigenvalue weighted by molar-refractivity contribution is 5.79. The minimum absolute atomic E-state index is 0.109. The molecule has 3 rings (SSSR count). The van der Waals surface area contributed by atoms with Gasteiger partial charge in [0.15, 0.2) is 0 Å². The van der Waals surface area contributed by atoms with Crippen LogP contribution in [-0.4, -0.2) is 29.9 Å². The number of carbonyl (C=O) groups is 1. The van der Waals surface area contributed by atoms with E-state index in [1.165, 1.54) is 19.3 Å². The second kappa shape index (κ2) is 8.30. The Kier molecular flexibility index (Phi) is 5.87. The molecule has 4 heteroatoms. The van der Waals surface area contributed by atoms with Crippen molar-refractivity contribution in [3.63, 3.8) is 0 Å². The molecule has 0 bridgehead atoms. The lowest BCUT2D eigenvalue weighted by Crippen LogP contribution is -2.44. The molecule has 1 aromatic rings. The number of benzene rings is 1. The minimum Gasteiger partial charge on any atom is -0.356 e. The van der Waals surface area contributed by atoms with Gasteiger partial charge in [-0.3, -0.25) is 9.69 Å². The van der Waals surface area contributed by atoms with Crippen LogP contribution in [-0.2, 0) is 11.3 Å². The molecule has 1 amide bonds. The molecule has 1 heterocycles. The Balaban J connectivity index is 1.81. The number of amides is 1. The van der Waals surface area contributed by atoms with E-state index >= 15 is 0 Å². The van der Waals surface area contributed by atoms with E-state index < -0.39 is 0 Å². The van der Waals surface area contributed by atoms with Crippen LogP contribution in [0.4, 0.5) is 0 Å². The van der Waals surface area contributed by atoms with Gasteiger partial charge in [0.25, 0.3) is 0 Å². The normalized spacial score (nSPS) is 26.0. The maximum Gasteiger partial charge on any atom is 0.224 e. The highest BCUT2D eigenvalue weighted by atomic mass is 16.1. The van der Waals surface area contributed by atoms with Crippen molar-refractivity contribution >= 4 is 5.91 Å². The van der Waals surface area contributed by atoms with Gasteiger partial charge in [-0.2, -0.15) is 5.26 Å². The lowest BCUT2D eigenvalue weighted by atomic mass is 9.99. The Bertz CT molecular complexity index is 607. The summed E-state index contributed by atoms with van der Waals surface area (Å²) in [7, 11) is 0. The fourth-order valence-corrected chi connectivity index (χ4v) is 4.17. The van der Waals surface area contributed by atoms with Gasteiger partial charge in [0, 0.05) is 19.1 Å². The van der Waals surface area contributed by atoms with Crippen LogP contribution in [0.1, 0.15) is 56.1 Å². The molecule has 0 spiro atoms. The zero-order chi connectivity index (χ0) is 16.8. The standard InChI is InChI=1S/C20H27N3O/c21-14-16-8-3-4-9-17(16)15-23-13-6-2-1-5-12-22-20(24)18-10-7-11-19(18)23/h3-4,8-9,18-19H,1-2,5-7,10-13,15H2,(H,22,24)/t18-,19+/m1/s1. The molecule has 2 aliphatic rings. The van der Waals surface area contributed by atoms with Crippen LogP contribution in [0.2, 0.25) is 0 Å². The first-order valence-corrected chi connectivity index (χ1v) is 9.29. The summed E-state index contributed by atoms with van der Waals surface area (Å²) in [6.07, 6.45) is 7.85. The van der Waals surface area contributed by atoms with Gasteiger partial charge in [-0.05, 0) is 43.9 Å². The minimum atomic E-state index is 0.109. The average molecular weight is 325 g/mol. The number of rotatable bonds is 2. The van der Waals surface area contributed by atoms with E-state index in [0.717, 1.165) is 56.4 Å². The third-order valence-electron chi connectivity index (χ3n) is 5.47. The first-order valence-electron chi connectivity index (χ1n) is 9.29. The molecular formula is C20H27N3O. The molecule has 1 saturated heterocycles. The van der Waals surface area contributed by atoms with Gasteiger partial charge in [0.05, 0.1) is 17.6 Å². The Morgan fingerprint density at radius 2 is 1.96 bits per heavy atom. The van der Waals surface area contributed by atoms with E-state index in [4.69, 9.17) is 0 Å². The van der Waals surface area contributed by atoms with Crippen LogP contribution < -0.4 is 5.32 Å². The number of carbonyl (C=O) groups excluding carboxylic acids is 1. The smallest absolute Gasteiger partial charge is 0.224 e. The molecule has 1 aliphatic heterocycles. The predicted octanol–water partition coefficient (Wildman–Crippen LogP) is 3.22. The summed E-state index contributed by atoms with van der Waals surface area (Å²) in [4.78, 5) is 15.0. The molecule has 2 fully saturated rings. The van der Waals surface area contributed by atoms with Gasteiger partial charge in [0.2, 0.25) is 5.91 Å². The summed E-state index contributed by atoms with van der Waals surface area (Å²) in [5, 5.41) is 12.5. The van der Waals surface area contributed by atoms with Crippen LogP contribution in [0.25, 0.3) is 0 Å². The maximum absolute atomic E-state index is 12.6. The van der Waals surface area contributed by atoms with Crippen molar-refractivity contribution in [2.45, 2.75) is 57.5 Å². The van der Waals surface area contributed by atoms with E-state index in [0.29, 0.717) is 6.04 Å². The van der Waals surface area contributed by atoms with Gasteiger partial charge in [-0.15, -0.1) is 0 Å². The third-order valence-corrected chi connectivity index (χ3v) is 5.47. The van der Waals surface area contributed by atoms with Gasteiger partial charge in [-0.25, -0.2) is 0 Å². The third kappa shape index (κ3) is 3.96. The van der Waals surface area contributed by atoms with Crippen LogP contribution >= 0.6 is 0 Å². The molecule has 0 aromatic heterocycles. The molecule has 4 nitrogen and oxygen atoms in total. The van der Waals surface area contributed by atoms with E-state index in [1.54, 1.807) is 0 Å². The first kappa shape index (κ1) is 17.0. The van der Waals surface area contributed by atoms with Gasteiger partial charge in [-0.1, -0.05) is 37.5 Å². The summed E-state index contributed by atoms with van der Waals surface area (Å²) >= 11 is 0. The first-order chi connectivity index (χ1) is 11.8. The van der Waals surface area contributed by atoms with E-state index in [2.05, 4.69) is 16.3 Å². The molecule has 1 aromatic carbocycles. The highest BCUT2D eigenvalue weighted by Crippen LogP contribution is 2.32. The van der Waals surface area contributed by atoms with Crippen molar-refractivity contribution in [3.05, 3.63) is 35.4 Å². The highest BCUT2D eigenvalue weighted by Gasteiger charge is 2.36. The average Bonchev–Trinajstić information content (AvgIpc) is 3.08. The van der Waals surface area contributed by atoms with E-state index in [-0.39, 0.29) is 11.8 Å². The monoisotopic (exact) mass is 325 g/mol. The summed E-state index contributed by atoms with van der Waals surface area (Å²) in [6.45, 7) is 2.62. The molecule has 1 saturated carbocycles. The van der Waals surface area contributed by atoms with Crippen LogP contribution in [0.15, 0.2) is 24.3 Å². The summed E-state index contributed by atoms with van der Waals surface area (Å²) in [5.74, 6) is 0.343. The van der Waals surface area contributed by atoms with Crippen molar-refractivity contribution in [2.75, 3.05) is 13.1 Å². The zero-order valence-electron chi connectivity index (χ0n) is 14.3. The molecular weight excluding hydrogens is 298 g/mol. The fourth-order valence-electron chi connectivity index (χ4n) is 4.17. The van der Waals surface area contributed by atoms with E-state index in [9.17, 15) is 10.1 Å². The molecule has 1 aliphatic carbocycles. The Morgan fingerprint density at radius 1 is 1.12 bits per heavy atom. The van der Waals surface area contributed by atoms with Crippen molar-refractivity contribution < 1.29 is 4.79 Å². The summed E-state index contributed by atoms with van der Waals surface area (Å²) in [6, 6.07) is 10.5. The number of nitrogens with zero attached hydrogens (tertiary/aromatic N) is 2. The second-order valence-corrected chi connectivity index (χ2v) is 7.05. The number of fused-ring (bicyclic) bond motifs is 1. The Hall–Kier alpha value is -1.86. The predicted molar refractivity (Wildman–Crippen MR) is 94.2 cm³/mol. The van der Waals surface area contributed by atoms with Crippen molar-refractivity contribution in [3.8, 4) is 6.07 Å². The number of nitrogens with one attached hydrogen (secondary N) is 1. The SMILES string of the molecule is N#Cc1ccccc1CN1CCCCCCNC(=O)[C@@H]2CCC[C@@H]21. The topological polar surface area (TPSA) is 56.1 Å². The maximum atomic E-state index is 12.6. The second-order valence-electron chi connectivity index (χ2n) is 7.05. The Morgan fingerprint density at radius 3 is 2.83 bits per heavy atom. The lowest BCUT2D eigenvalue weighted by molar-refractivity contribution is -0.126. The van der Waals surface area contributed by atoms with Crippen LogP contribution in [0.5, 0.6) is 0 Å². The van der Waals surface area contributed by atoms with Gasteiger partial charge >= 0.3 is 0 Å². The molecule has 0 unspecified atom stereocenters. The molecule has 1 N–H and O–H groups in total. The number of nitriles is 1. The van der Waals surface area contributed by atoms with Crippen molar-refractivity contribution in [1.82, 2.24) is 10.2 Å². The number of hydrogen-bond acceptors (Lipinski definition) is 3. The quantitative estimate of drug-likeness (QED) is 0.908. The fraction of sp³-hybridized carbons (Fsp3) is 0.600. The lowest BCUT2D eigenvalue weighted by Gasteiger charge is -2.32. The van der Waals surface area contributed by atoms with Crippen molar-refractivity contribution in [1.29, 1.82) is 5.26 Å². The Labute approximate surface area is 144 Å². The summed E-state index contributed by atoms with van der Waals surface area (Å²) in [5.41, 5.74) is 1.84. The molecule has 0 radical (unpaired) electrons. The van der Waals surface area contributed by atoms with Crippen LogP contribution in [0, 0.1) is 17.2 Å². The molecule has 2 atom stereocenters. The zero-order valence-corrected chi connectivity index (χ0v) is 14.3. The number of hydrogen-bond donors (Lipinski definition) is 1. The van der Waals surface area contributed by atoms with Crippen LogP contribution in [0.3, 0.4) is 0 Å². The van der Waals surface area contributed by atoms with E-state index in [1.807, 2.05) is 24.3 Å². The summed E-state index contributed by atoms with van der Waals surface area (Å²) < 4.78 is 0. The molecule has 24 heavy (non-hydrogen) atoms.